The van der Waals surface area contributed by atoms with Crippen LogP contribution in [0.4, 0.5) is 19.0 Å². The summed E-state index contributed by atoms with van der Waals surface area (Å²) in [4.78, 5) is 17.0. The Morgan fingerprint density at radius 3 is 2.55 bits per heavy atom. The number of amides is 1. The molecule has 110 valence electrons. The predicted molar refractivity (Wildman–Crippen MR) is 69.2 cm³/mol. The molecule has 0 saturated heterocycles. The number of carbonyl (C=O) groups is 1. The first-order valence-electron chi connectivity index (χ1n) is 6.60. The zero-order chi connectivity index (χ0) is 15.0. The topological polar surface area (TPSA) is 33.2 Å². The van der Waals surface area contributed by atoms with Crippen molar-refractivity contribution in [2.45, 2.75) is 39.3 Å². The summed E-state index contributed by atoms with van der Waals surface area (Å²) in [6, 6.07) is 3.65. The molecule has 3 nitrogen and oxygen atoms in total. The molecule has 1 saturated carbocycles. The summed E-state index contributed by atoms with van der Waals surface area (Å²) in [6.45, 7) is 4.14. The van der Waals surface area contributed by atoms with Gasteiger partial charge in [0.1, 0.15) is 11.5 Å². The summed E-state index contributed by atoms with van der Waals surface area (Å²) in [5.74, 6) is -0.121. The van der Waals surface area contributed by atoms with Crippen LogP contribution in [0.25, 0.3) is 0 Å². The molecule has 0 radical (unpaired) electrons. The fraction of sp³-hybridized carbons (Fsp3) is 0.571. The highest BCUT2D eigenvalue weighted by Gasteiger charge is 2.41. The summed E-state index contributed by atoms with van der Waals surface area (Å²) in [6.07, 6.45) is -2.28. The number of anilines is 1. The maximum Gasteiger partial charge on any atom is 0.433 e. The Labute approximate surface area is 115 Å². The fourth-order valence-electron chi connectivity index (χ4n) is 1.97. The number of pyridine rings is 1. The van der Waals surface area contributed by atoms with E-state index in [2.05, 4.69) is 4.98 Å². The molecule has 1 heterocycles. The van der Waals surface area contributed by atoms with E-state index in [0.717, 1.165) is 18.9 Å². The highest BCUT2D eigenvalue weighted by molar-refractivity contribution is 5.92. The number of alkyl halides is 3. The molecule has 1 aliphatic carbocycles. The van der Waals surface area contributed by atoms with Gasteiger partial charge in [0.15, 0.2) is 0 Å². The molecule has 0 atom stereocenters. The number of hydrogen-bond donors (Lipinski definition) is 0. The second kappa shape index (κ2) is 5.07. The van der Waals surface area contributed by atoms with E-state index in [1.54, 1.807) is 6.92 Å². The Morgan fingerprint density at radius 1 is 1.40 bits per heavy atom. The van der Waals surface area contributed by atoms with Crippen molar-refractivity contribution in [3.05, 3.63) is 23.9 Å². The van der Waals surface area contributed by atoms with Gasteiger partial charge in [-0.05, 0) is 30.4 Å². The molecule has 20 heavy (non-hydrogen) atoms. The Bertz CT molecular complexity index is 509. The van der Waals surface area contributed by atoms with Crippen molar-refractivity contribution in [1.82, 2.24) is 4.98 Å². The first-order chi connectivity index (χ1) is 9.25. The van der Waals surface area contributed by atoms with Crippen molar-refractivity contribution in [3.63, 3.8) is 0 Å². The van der Waals surface area contributed by atoms with Gasteiger partial charge in [0, 0.05) is 13.0 Å². The van der Waals surface area contributed by atoms with Crippen molar-refractivity contribution in [2.24, 2.45) is 5.41 Å². The van der Waals surface area contributed by atoms with E-state index in [4.69, 9.17) is 0 Å². The van der Waals surface area contributed by atoms with Crippen LogP contribution in [0, 0.1) is 5.41 Å². The summed E-state index contributed by atoms with van der Waals surface area (Å²) in [7, 11) is 0. The van der Waals surface area contributed by atoms with E-state index in [9.17, 15) is 18.0 Å². The average molecular weight is 286 g/mol. The van der Waals surface area contributed by atoms with Gasteiger partial charge in [0.25, 0.3) is 0 Å². The summed E-state index contributed by atoms with van der Waals surface area (Å²) in [5.41, 5.74) is -0.953. The zero-order valence-corrected chi connectivity index (χ0v) is 11.5. The van der Waals surface area contributed by atoms with Crippen LogP contribution >= 0.6 is 0 Å². The molecular formula is C14H17F3N2O. The quantitative estimate of drug-likeness (QED) is 0.846. The molecule has 1 aromatic heterocycles. The number of carbonyl (C=O) groups excluding carboxylic acids is 1. The lowest BCUT2D eigenvalue weighted by atomic mass is 10.1. The lowest BCUT2D eigenvalue weighted by Crippen LogP contribution is -2.36. The van der Waals surface area contributed by atoms with Crippen molar-refractivity contribution in [1.29, 1.82) is 0 Å². The van der Waals surface area contributed by atoms with Gasteiger partial charge in [0.05, 0.1) is 0 Å². The molecule has 0 unspecified atom stereocenters. The van der Waals surface area contributed by atoms with Crippen LogP contribution in [-0.2, 0) is 11.0 Å². The van der Waals surface area contributed by atoms with Gasteiger partial charge < -0.3 is 0 Å². The normalized spacial score (nSPS) is 16.9. The van der Waals surface area contributed by atoms with E-state index < -0.39 is 11.9 Å². The Morgan fingerprint density at radius 2 is 2.05 bits per heavy atom. The smallest absolute Gasteiger partial charge is 0.296 e. The van der Waals surface area contributed by atoms with Crippen molar-refractivity contribution in [2.75, 3.05) is 11.4 Å². The molecule has 6 heteroatoms. The molecule has 0 spiro atoms. The van der Waals surface area contributed by atoms with Gasteiger partial charge in [-0.1, -0.05) is 19.9 Å². The lowest BCUT2D eigenvalue weighted by Gasteiger charge is -2.25. The molecule has 0 aromatic carbocycles. The van der Waals surface area contributed by atoms with E-state index in [1.165, 1.54) is 17.0 Å². The van der Waals surface area contributed by atoms with Gasteiger partial charge in [0.2, 0.25) is 5.91 Å². The number of hydrogen-bond acceptors (Lipinski definition) is 2. The largest absolute Gasteiger partial charge is 0.433 e. The molecular weight excluding hydrogens is 269 g/mol. The maximum atomic E-state index is 12.7. The Balaban J connectivity index is 2.31. The van der Waals surface area contributed by atoms with Crippen LogP contribution in [0.2, 0.25) is 0 Å². The summed E-state index contributed by atoms with van der Waals surface area (Å²) < 4.78 is 38.1. The first kappa shape index (κ1) is 14.8. The van der Waals surface area contributed by atoms with Crippen LogP contribution in [0.1, 0.15) is 38.8 Å². The van der Waals surface area contributed by atoms with E-state index in [1.807, 2.05) is 6.92 Å². The third-order valence-electron chi connectivity index (χ3n) is 3.55. The number of nitrogens with zero attached hydrogens (tertiary/aromatic N) is 2. The zero-order valence-electron chi connectivity index (χ0n) is 11.5. The van der Waals surface area contributed by atoms with Crippen LogP contribution in [0.5, 0.6) is 0 Å². The molecule has 1 aliphatic rings. The molecule has 1 amide bonds. The van der Waals surface area contributed by atoms with E-state index in [0.29, 0.717) is 6.54 Å². The molecule has 0 bridgehead atoms. The van der Waals surface area contributed by atoms with Crippen LogP contribution < -0.4 is 4.90 Å². The standard InChI is InChI=1S/C14H17F3N2O/c1-3-12(20)19(9-13(2)7-8-13)11-6-4-5-10(18-11)14(15,16)17/h4-6H,3,7-9H2,1-2H3. The fourth-order valence-corrected chi connectivity index (χ4v) is 1.97. The second-order valence-electron chi connectivity index (χ2n) is 5.52. The van der Waals surface area contributed by atoms with Gasteiger partial charge in [-0.25, -0.2) is 4.98 Å². The molecule has 0 N–H and O–H groups in total. The van der Waals surface area contributed by atoms with Crippen molar-refractivity contribution < 1.29 is 18.0 Å². The second-order valence-corrected chi connectivity index (χ2v) is 5.52. The van der Waals surface area contributed by atoms with Crippen LogP contribution in [0.3, 0.4) is 0 Å². The average Bonchev–Trinajstić information content (AvgIpc) is 3.12. The van der Waals surface area contributed by atoms with E-state index in [-0.39, 0.29) is 23.6 Å². The Kier molecular flexibility index (Phi) is 3.75. The van der Waals surface area contributed by atoms with Gasteiger partial charge in [-0.2, -0.15) is 13.2 Å². The highest BCUT2D eigenvalue weighted by Crippen LogP contribution is 2.46. The molecule has 1 fully saturated rings. The monoisotopic (exact) mass is 286 g/mol. The predicted octanol–water partition coefficient (Wildman–Crippen LogP) is 3.64. The minimum atomic E-state index is -4.50. The highest BCUT2D eigenvalue weighted by atomic mass is 19.4. The van der Waals surface area contributed by atoms with Crippen LogP contribution in [-0.4, -0.2) is 17.4 Å². The Hall–Kier alpha value is -1.59. The van der Waals surface area contributed by atoms with Crippen LogP contribution in [0.15, 0.2) is 18.2 Å². The molecule has 2 rings (SSSR count). The lowest BCUT2D eigenvalue weighted by molar-refractivity contribution is -0.141. The summed E-state index contributed by atoms with van der Waals surface area (Å²) in [5, 5.41) is 0. The third-order valence-corrected chi connectivity index (χ3v) is 3.55. The third kappa shape index (κ3) is 3.29. The molecule has 1 aromatic rings. The van der Waals surface area contributed by atoms with Crippen molar-refractivity contribution >= 4 is 11.7 Å². The minimum absolute atomic E-state index is 0.0146. The first-order valence-corrected chi connectivity index (χ1v) is 6.60. The van der Waals surface area contributed by atoms with Gasteiger partial charge >= 0.3 is 6.18 Å². The number of rotatable bonds is 4. The number of aromatic nitrogens is 1. The number of halogens is 3. The SMILES string of the molecule is CCC(=O)N(CC1(C)CC1)c1cccc(C(F)(F)F)n1. The molecule has 0 aliphatic heterocycles. The van der Waals surface area contributed by atoms with Gasteiger partial charge in [-0.15, -0.1) is 0 Å². The minimum Gasteiger partial charge on any atom is -0.296 e. The maximum absolute atomic E-state index is 12.7. The van der Waals surface area contributed by atoms with Gasteiger partial charge in [-0.3, -0.25) is 9.69 Å². The van der Waals surface area contributed by atoms with E-state index >= 15 is 0 Å². The van der Waals surface area contributed by atoms with Crippen molar-refractivity contribution in [3.8, 4) is 0 Å². The summed E-state index contributed by atoms with van der Waals surface area (Å²) >= 11 is 0.